The lowest BCUT2D eigenvalue weighted by Gasteiger charge is -2.11. The van der Waals surface area contributed by atoms with Gasteiger partial charge in [-0.3, -0.25) is 14.5 Å². The third-order valence-electron chi connectivity index (χ3n) is 2.94. The van der Waals surface area contributed by atoms with Crippen molar-refractivity contribution in [2.24, 2.45) is 0 Å². The third kappa shape index (κ3) is 3.84. The summed E-state index contributed by atoms with van der Waals surface area (Å²) in [4.78, 5) is 25.6. The second-order valence-electron chi connectivity index (χ2n) is 4.51. The van der Waals surface area contributed by atoms with Gasteiger partial charge in [-0.05, 0) is 57.9 Å². The Kier molecular flexibility index (Phi) is 5.91. The fraction of sp³-hybridized carbons (Fsp3) is 0.286. The van der Waals surface area contributed by atoms with Crippen molar-refractivity contribution in [2.75, 3.05) is 20.3 Å². The van der Waals surface area contributed by atoms with Crippen LogP contribution in [0, 0.1) is 0 Å². The average Bonchev–Trinajstić information content (AvgIpc) is 2.72. The van der Waals surface area contributed by atoms with Crippen LogP contribution in [-0.2, 0) is 9.53 Å². The van der Waals surface area contributed by atoms with Crippen molar-refractivity contribution in [1.29, 1.82) is 0 Å². The molecule has 1 aromatic carbocycles. The molecule has 0 aliphatic carbocycles. The quantitative estimate of drug-likeness (QED) is 0.594. The Morgan fingerprint density at radius 3 is 2.82 bits per heavy atom. The largest absolute Gasteiger partial charge is 0.505 e. The van der Waals surface area contributed by atoms with Crippen LogP contribution in [0.3, 0.4) is 0 Å². The standard InChI is InChI=1S/C14H13BrClNO4S/c1-21-4-2-3-17-13(19)11(22-14(17)20)7-8-5-9(15)12(18)10(16)6-8/h5-7,18H,2-4H2,1H3/b11-7+. The Bertz CT molecular complexity index is 627. The maximum Gasteiger partial charge on any atom is 0.293 e. The van der Waals surface area contributed by atoms with Crippen LogP contribution >= 0.6 is 39.3 Å². The molecule has 1 aromatic rings. The Hall–Kier alpha value is -1.02. The van der Waals surface area contributed by atoms with Gasteiger partial charge >= 0.3 is 0 Å². The molecule has 2 amide bonds. The zero-order valence-corrected chi connectivity index (χ0v) is 14.8. The summed E-state index contributed by atoms with van der Waals surface area (Å²) < 4.78 is 5.34. The Balaban J connectivity index is 2.19. The number of aromatic hydroxyl groups is 1. The number of imide groups is 1. The van der Waals surface area contributed by atoms with Crippen LogP contribution in [0.2, 0.25) is 5.02 Å². The Morgan fingerprint density at radius 2 is 2.18 bits per heavy atom. The minimum absolute atomic E-state index is 0.0634. The first-order chi connectivity index (χ1) is 10.4. The molecule has 0 saturated carbocycles. The predicted octanol–water partition coefficient (Wildman–Crippen LogP) is 3.88. The van der Waals surface area contributed by atoms with Crippen LogP contribution < -0.4 is 0 Å². The minimum atomic E-state index is -0.327. The van der Waals surface area contributed by atoms with Gasteiger partial charge < -0.3 is 9.84 Å². The highest BCUT2D eigenvalue weighted by Gasteiger charge is 2.34. The van der Waals surface area contributed by atoms with E-state index in [0.29, 0.717) is 34.5 Å². The van der Waals surface area contributed by atoms with Crippen molar-refractivity contribution < 1.29 is 19.4 Å². The van der Waals surface area contributed by atoms with Crippen LogP contribution in [0.15, 0.2) is 21.5 Å². The number of nitrogens with zero attached hydrogens (tertiary/aromatic N) is 1. The highest BCUT2D eigenvalue weighted by Crippen LogP contribution is 2.36. The predicted molar refractivity (Wildman–Crippen MR) is 90.0 cm³/mol. The van der Waals surface area contributed by atoms with Crippen LogP contribution in [0.25, 0.3) is 6.08 Å². The second-order valence-corrected chi connectivity index (χ2v) is 6.77. The summed E-state index contributed by atoms with van der Waals surface area (Å²) in [5, 5.41) is 9.47. The van der Waals surface area contributed by atoms with E-state index in [1.54, 1.807) is 19.3 Å². The van der Waals surface area contributed by atoms with E-state index < -0.39 is 0 Å². The topological polar surface area (TPSA) is 66.8 Å². The summed E-state index contributed by atoms with van der Waals surface area (Å²) in [6, 6.07) is 3.15. The van der Waals surface area contributed by atoms with E-state index >= 15 is 0 Å². The first-order valence-corrected chi connectivity index (χ1v) is 8.35. The van der Waals surface area contributed by atoms with E-state index in [0.717, 1.165) is 11.8 Å². The van der Waals surface area contributed by atoms with E-state index in [-0.39, 0.29) is 21.9 Å². The molecule has 2 rings (SSSR count). The molecule has 118 valence electrons. The monoisotopic (exact) mass is 405 g/mol. The first kappa shape index (κ1) is 17.3. The van der Waals surface area contributed by atoms with E-state index in [1.165, 1.54) is 11.0 Å². The van der Waals surface area contributed by atoms with E-state index in [9.17, 15) is 14.7 Å². The lowest BCUT2D eigenvalue weighted by molar-refractivity contribution is -0.122. The number of hydrogen-bond acceptors (Lipinski definition) is 5. The Labute approximate surface area is 145 Å². The summed E-state index contributed by atoms with van der Waals surface area (Å²) in [5.74, 6) is -0.391. The first-order valence-electron chi connectivity index (χ1n) is 6.36. The fourth-order valence-electron chi connectivity index (χ4n) is 1.88. The van der Waals surface area contributed by atoms with Gasteiger partial charge in [-0.2, -0.15) is 0 Å². The summed E-state index contributed by atoms with van der Waals surface area (Å²) in [7, 11) is 1.57. The molecule has 0 bridgehead atoms. The average molecular weight is 407 g/mol. The van der Waals surface area contributed by atoms with Crippen molar-refractivity contribution in [3.05, 3.63) is 32.1 Å². The molecule has 0 unspecified atom stereocenters. The van der Waals surface area contributed by atoms with Crippen molar-refractivity contribution >= 4 is 56.5 Å². The summed E-state index contributed by atoms with van der Waals surface area (Å²) >= 11 is 9.96. The molecule has 1 fully saturated rings. The van der Waals surface area contributed by atoms with Gasteiger partial charge in [-0.1, -0.05) is 11.6 Å². The molecule has 1 aliphatic rings. The van der Waals surface area contributed by atoms with Crippen molar-refractivity contribution in [2.45, 2.75) is 6.42 Å². The van der Waals surface area contributed by atoms with Crippen LogP contribution in [-0.4, -0.2) is 41.4 Å². The molecular weight excluding hydrogens is 394 g/mol. The normalized spacial score (nSPS) is 16.9. The summed E-state index contributed by atoms with van der Waals surface area (Å²) in [6.45, 7) is 0.817. The van der Waals surface area contributed by atoms with Crippen molar-refractivity contribution in [3.63, 3.8) is 0 Å². The fourth-order valence-corrected chi connectivity index (χ4v) is 3.56. The van der Waals surface area contributed by atoms with Crippen molar-refractivity contribution in [1.82, 2.24) is 4.90 Å². The van der Waals surface area contributed by atoms with Crippen LogP contribution in [0.4, 0.5) is 4.79 Å². The van der Waals surface area contributed by atoms with Gasteiger partial charge in [-0.25, -0.2) is 0 Å². The number of rotatable bonds is 5. The third-order valence-corrected chi connectivity index (χ3v) is 4.74. The molecule has 0 atom stereocenters. The highest BCUT2D eigenvalue weighted by molar-refractivity contribution is 9.10. The van der Waals surface area contributed by atoms with Crippen LogP contribution in [0.5, 0.6) is 5.75 Å². The van der Waals surface area contributed by atoms with Gasteiger partial charge in [0.25, 0.3) is 11.1 Å². The number of thioether (sulfide) groups is 1. The number of benzene rings is 1. The zero-order chi connectivity index (χ0) is 16.3. The Morgan fingerprint density at radius 1 is 1.45 bits per heavy atom. The van der Waals surface area contributed by atoms with Gasteiger partial charge in [0.05, 0.1) is 14.4 Å². The molecular formula is C14H13BrClNO4S. The summed E-state index contributed by atoms with van der Waals surface area (Å²) in [5.41, 5.74) is 0.622. The lowest BCUT2D eigenvalue weighted by atomic mass is 10.2. The number of hydrogen-bond donors (Lipinski definition) is 1. The number of phenolic OH excluding ortho intramolecular Hbond substituents is 1. The number of ether oxygens (including phenoxy) is 1. The minimum Gasteiger partial charge on any atom is -0.505 e. The van der Waals surface area contributed by atoms with Gasteiger partial charge in [0.2, 0.25) is 0 Å². The molecule has 22 heavy (non-hydrogen) atoms. The number of carbonyl (C=O) groups is 2. The van der Waals surface area contributed by atoms with E-state index in [4.69, 9.17) is 16.3 Å². The molecule has 0 spiro atoms. The molecule has 0 aromatic heterocycles. The van der Waals surface area contributed by atoms with Gasteiger partial charge in [-0.15, -0.1) is 0 Å². The SMILES string of the molecule is COCCCN1C(=O)S/C(=C/c2cc(Cl)c(O)c(Br)c2)C1=O. The smallest absolute Gasteiger partial charge is 0.293 e. The second kappa shape index (κ2) is 7.50. The number of methoxy groups -OCH3 is 1. The number of amides is 2. The van der Waals surface area contributed by atoms with Gasteiger partial charge in [0.1, 0.15) is 5.75 Å². The highest BCUT2D eigenvalue weighted by atomic mass is 79.9. The maximum absolute atomic E-state index is 12.2. The maximum atomic E-state index is 12.2. The number of carbonyl (C=O) groups excluding carboxylic acids is 2. The molecule has 1 aliphatic heterocycles. The molecule has 0 radical (unpaired) electrons. The zero-order valence-electron chi connectivity index (χ0n) is 11.6. The number of phenols is 1. The van der Waals surface area contributed by atoms with Gasteiger partial charge in [0.15, 0.2) is 0 Å². The van der Waals surface area contributed by atoms with E-state index in [2.05, 4.69) is 15.9 Å². The molecule has 1 saturated heterocycles. The van der Waals surface area contributed by atoms with Gasteiger partial charge in [0, 0.05) is 20.3 Å². The summed E-state index contributed by atoms with van der Waals surface area (Å²) in [6.07, 6.45) is 2.18. The number of halogens is 2. The lowest BCUT2D eigenvalue weighted by Crippen LogP contribution is -2.29. The van der Waals surface area contributed by atoms with Crippen LogP contribution in [0.1, 0.15) is 12.0 Å². The molecule has 1 heterocycles. The molecule has 5 nitrogen and oxygen atoms in total. The van der Waals surface area contributed by atoms with E-state index in [1.807, 2.05) is 0 Å². The molecule has 8 heteroatoms. The van der Waals surface area contributed by atoms with Crippen molar-refractivity contribution in [3.8, 4) is 5.75 Å². The molecule has 1 N–H and O–H groups in total.